The van der Waals surface area contributed by atoms with E-state index in [9.17, 15) is 22.8 Å². The van der Waals surface area contributed by atoms with Gasteiger partial charge in [-0.25, -0.2) is 19.3 Å². The van der Waals surface area contributed by atoms with Crippen LogP contribution in [0.5, 0.6) is 0 Å². The van der Waals surface area contributed by atoms with Gasteiger partial charge in [0, 0.05) is 42.2 Å². The third-order valence-electron chi connectivity index (χ3n) is 8.65. The lowest BCUT2D eigenvalue weighted by Crippen LogP contribution is -2.41. The molecular weight excluding hydrogens is 566 g/mol. The number of aromatic nitrogens is 4. The smallest absolute Gasteiger partial charge is 0.382 e. The number of anilines is 2. The molecule has 0 bridgehead atoms. The largest absolute Gasteiger partial charge is 0.433 e. The summed E-state index contributed by atoms with van der Waals surface area (Å²) >= 11 is 0. The number of carbonyl (C=O) groups excluding carboxylic acids is 2. The van der Waals surface area contributed by atoms with E-state index in [-0.39, 0.29) is 52.5 Å². The van der Waals surface area contributed by atoms with Crippen LogP contribution in [0.2, 0.25) is 0 Å². The Morgan fingerprint density at radius 3 is 2.56 bits per heavy atom. The Labute approximate surface area is 243 Å². The number of rotatable bonds is 5. The van der Waals surface area contributed by atoms with Gasteiger partial charge in [-0.05, 0) is 73.9 Å². The summed E-state index contributed by atoms with van der Waals surface area (Å²) < 4.78 is 59.3. The molecule has 0 spiro atoms. The fourth-order valence-electron chi connectivity index (χ4n) is 6.33. The van der Waals surface area contributed by atoms with Gasteiger partial charge in [0.25, 0.3) is 5.91 Å². The lowest BCUT2D eigenvalue weighted by molar-refractivity contribution is -0.142. The molecule has 1 aromatic carbocycles. The number of fused-ring (bicyclic) bond motifs is 2. The van der Waals surface area contributed by atoms with E-state index >= 15 is 4.39 Å². The zero-order valence-corrected chi connectivity index (χ0v) is 22.9. The van der Waals surface area contributed by atoms with Gasteiger partial charge in [0.1, 0.15) is 40.2 Å². The molecule has 222 valence electrons. The summed E-state index contributed by atoms with van der Waals surface area (Å²) in [5, 5.41) is 2.68. The average Bonchev–Trinajstić information content (AvgIpc) is 3.66. The van der Waals surface area contributed by atoms with E-state index in [0.717, 1.165) is 35.3 Å². The number of piperidine rings is 1. The van der Waals surface area contributed by atoms with Gasteiger partial charge in [0.15, 0.2) is 0 Å². The highest BCUT2D eigenvalue weighted by Crippen LogP contribution is 2.42. The first-order chi connectivity index (χ1) is 20.6. The maximum atomic E-state index is 15.7. The zero-order valence-electron chi connectivity index (χ0n) is 22.9. The summed E-state index contributed by atoms with van der Waals surface area (Å²) in [5.74, 6) is -1.45. The Morgan fingerprint density at radius 2 is 1.81 bits per heavy atom. The van der Waals surface area contributed by atoms with Crippen molar-refractivity contribution in [3.05, 3.63) is 71.2 Å². The van der Waals surface area contributed by atoms with Gasteiger partial charge in [-0.2, -0.15) is 13.2 Å². The van der Waals surface area contributed by atoms with Gasteiger partial charge < -0.3 is 16.0 Å². The van der Waals surface area contributed by atoms with Crippen LogP contribution in [0, 0.1) is 5.82 Å². The van der Waals surface area contributed by atoms with E-state index in [1.165, 1.54) is 12.1 Å². The first-order valence-corrected chi connectivity index (χ1v) is 14.2. The molecule has 3 fully saturated rings. The summed E-state index contributed by atoms with van der Waals surface area (Å²) in [6.07, 6.45) is 1.85. The van der Waals surface area contributed by atoms with Crippen LogP contribution in [-0.2, 0) is 11.0 Å². The quantitative estimate of drug-likeness (QED) is 0.294. The lowest BCUT2D eigenvalue weighted by Gasteiger charge is -2.34. The van der Waals surface area contributed by atoms with Gasteiger partial charge in [0.2, 0.25) is 5.91 Å². The van der Waals surface area contributed by atoms with Gasteiger partial charge in [-0.15, -0.1) is 0 Å². The van der Waals surface area contributed by atoms with Crippen molar-refractivity contribution in [1.82, 2.24) is 24.3 Å². The second-order valence-electron chi connectivity index (χ2n) is 11.4. The third-order valence-corrected chi connectivity index (χ3v) is 8.65. The maximum Gasteiger partial charge on any atom is 0.433 e. The van der Waals surface area contributed by atoms with E-state index in [4.69, 9.17) is 5.73 Å². The Kier molecular flexibility index (Phi) is 6.36. The Hall–Kier alpha value is -4.55. The third kappa shape index (κ3) is 4.86. The molecule has 13 heteroatoms. The van der Waals surface area contributed by atoms with Crippen LogP contribution in [0.15, 0.2) is 42.7 Å². The van der Waals surface area contributed by atoms with Crippen molar-refractivity contribution >= 4 is 29.0 Å². The SMILES string of the molecule is Nc1ncc(C(F)(F)F)n2c([C@@H]3CC[C@H]4CCC(=O)N4C3)nc(-c3ccc(C(=O)Nc4cc(C5CC5)ccn4)cc3F)c12. The zero-order chi connectivity index (χ0) is 30.0. The minimum absolute atomic E-state index is 0.00319. The van der Waals surface area contributed by atoms with Crippen molar-refractivity contribution in [3.8, 4) is 11.3 Å². The number of amides is 2. The van der Waals surface area contributed by atoms with Crippen LogP contribution in [-0.4, -0.2) is 48.7 Å². The molecule has 9 nitrogen and oxygen atoms in total. The minimum Gasteiger partial charge on any atom is -0.382 e. The van der Waals surface area contributed by atoms with E-state index in [1.54, 1.807) is 17.2 Å². The van der Waals surface area contributed by atoms with E-state index in [0.29, 0.717) is 37.2 Å². The van der Waals surface area contributed by atoms with Gasteiger partial charge >= 0.3 is 6.18 Å². The van der Waals surface area contributed by atoms with E-state index in [2.05, 4.69) is 20.3 Å². The molecule has 2 atom stereocenters. The molecular formula is C30H27F4N7O2. The van der Waals surface area contributed by atoms with Crippen LogP contribution >= 0.6 is 0 Å². The molecule has 1 aliphatic carbocycles. The topological polar surface area (TPSA) is 119 Å². The molecule has 1 saturated carbocycles. The number of nitrogens with two attached hydrogens (primary N) is 1. The number of nitrogens with zero attached hydrogens (tertiary/aromatic N) is 5. The van der Waals surface area contributed by atoms with Crippen molar-refractivity contribution in [3.63, 3.8) is 0 Å². The number of halogens is 4. The Balaban J connectivity index is 1.27. The van der Waals surface area contributed by atoms with Crippen LogP contribution < -0.4 is 11.1 Å². The average molecular weight is 594 g/mol. The normalized spacial score (nSPS) is 20.5. The Bertz CT molecular complexity index is 1780. The second-order valence-corrected chi connectivity index (χ2v) is 11.4. The molecule has 3 aliphatic rings. The van der Waals surface area contributed by atoms with Crippen molar-refractivity contribution in [2.75, 3.05) is 17.6 Å². The van der Waals surface area contributed by atoms with Crippen molar-refractivity contribution in [1.29, 1.82) is 0 Å². The van der Waals surface area contributed by atoms with E-state index < -0.39 is 29.5 Å². The first-order valence-electron chi connectivity index (χ1n) is 14.2. The van der Waals surface area contributed by atoms with Crippen LogP contribution in [0.1, 0.15) is 77.8 Å². The number of hydrogen-bond acceptors (Lipinski definition) is 6. The maximum absolute atomic E-state index is 15.7. The molecule has 2 saturated heterocycles. The molecule has 2 amide bonds. The van der Waals surface area contributed by atoms with Gasteiger partial charge in [0.05, 0.1) is 6.20 Å². The molecule has 2 aliphatic heterocycles. The van der Waals surface area contributed by atoms with Crippen LogP contribution in [0.3, 0.4) is 0 Å². The van der Waals surface area contributed by atoms with Crippen molar-refractivity contribution < 1.29 is 27.2 Å². The lowest BCUT2D eigenvalue weighted by atomic mass is 9.92. The highest BCUT2D eigenvalue weighted by Gasteiger charge is 2.41. The summed E-state index contributed by atoms with van der Waals surface area (Å²) in [6, 6.07) is 7.41. The fraction of sp³-hybridized carbons (Fsp3) is 0.367. The number of nitrogens with one attached hydrogen (secondary N) is 1. The molecule has 7 rings (SSSR count). The second kappa shape index (κ2) is 10.0. The number of carbonyl (C=O) groups is 2. The summed E-state index contributed by atoms with van der Waals surface area (Å²) in [4.78, 5) is 39.6. The highest BCUT2D eigenvalue weighted by atomic mass is 19.4. The van der Waals surface area contributed by atoms with E-state index in [1.807, 2.05) is 6.07 Å². The first kappa shape index (κ1) is 27.3. The Morgan fingerprint density at radius 1 is 1.02 bits per heavy atom. The summed E-state index contributed by atoms with van der Waals surface area (Å²) in [5.41, 5.74) is 5.64. The highest BCUT2D eigenvalue weighted by molar-refractivity contribution is 6.04. The number of benzene rings is 1. The predicted molar refractivity (Wildman–Crippen MR) is 149 cm³/mol. The molecule has 5 heterocycles. The number of imidazole rings is 1. The standard InChI is InChI=1S/C30H27F4N7O2/c31-21-11-17(29(43)38-23-12-16(9-10-36-23)15-1-2-15)4-7-20(21)25-26-27(35)37-13-22(30(32,33)34)41(26)28(39-25)18-3-5-19-6-8-24(42)40(19)14-18/h4,7,9-13,15,18-19H,1-3,5-6,8,14H2,(H2,35,37)(H,36,38,43)/t18-,19+/m1/s1. The van der Waals surface area contributed by atoms with Crippen molar-refractivity contribution in [2.45, 2.75) is 62.6 Å². The summed E-state index contributed by atoms with van der Waals surface area (Å²) in [7, 11) is 0. The molecule has 3 aromatic heterocycles. The molecule has 0 radical (unpaired) electrons. The number of pyridine rings is 1. The molecule has 0 unspecified atom stereocenters. The number of hydrogen-bond donors (Lipinski definition) is 2. The predicted octanol–water partition coefficient (Wildman–Crippen LogP) is 5.53. The molecule has 43 heavy (non-hydrogen) atoms. The fourth-order valence-corrected chi connectivity index (χ4v) is 6.33. The monoisotopic (exact) mass is 593 g/mol. The number of alkyl halides is 3. The summed E-state index contributed by atoms with van der Waals surface area (Å²) in [6.45, 7) is 0.207. The van der Waals surface area contributed by atoms with Crippen molar-refractivity contribution in [2.24, 2.45) is 0 Å². The van der Waals surface area contributed by atoms with Gasteiger partial charge in [-0.3, -0.25) is 14.0 Å². The molecule has 4 aromatic rings. The van der Waals surface area contributed by atoms with Gasteiger partial charge in [-0.1, -0.05) is 0 Å². The molecule has 3 N–H and O–H groups in total. The van der Waals surface area contributed by atoms with Crippen LogP contribution in [0.25, 0.3) is 16.8 Å². The minimum atomic E-state index is -4.81. The van der Waals surface area contributed by atoms with Crippen LogP contribution in [0.4, 0.5) is 29.2 Å². The number of nitrogen functional groups attached to an aromatic ring is 1.